The molecular weight excluding hydrogens is 410 g/mol. The lowest BCUT2D eigenvalue weighted by atomic mass is 10.1. The Morgan fingerprint density at radius 2 is 1.52 bits per heavy atom. The molecule has 0 spiro atoms. The lowest BCUT2D eigenvalue weighted by Gasteiger charge is -2.16. The first-order chi connectivity index (χ1) is 14.6. The number of anilines is 3. The fourth-order valence-electron chi connectivity index (χ4n) is 3.17. The molecular formula is C24H27N3O3S. The van der Waals surface area contributed by atoms with Crippen LogP contribution >= 0.6 is 0 Å². The average molecular weight is 438 g/mol. The standard InChI is InChI=1S/C24H27N3O3S/c1-16-9-8-12-21(18(16)3)26-22-11-7-6-10-20(22)24(28)25-19-14-13-17(2)23(15-19)31(29,30)27(4)5/h6-15,26H,1-5H3,(H,25,28). The molecule has 0 heterocycles. The minimum absolute atomic E-state index is 0.164. The van der Waals surface area contributed by atoms with E-state index in [0.29, 0.717) is 22.5 Å². The maximum absolute atomic E-state index is 13.0. The normalized spacial score (nSPS) is 11.4. The van der Waals surface area contributed by atoms with Crippen LogP contribution in [0.15, 0.2) is 65.6 Å². The number of rotatable bonds is 6. The number of benzene rings is 3. The molecule has 7 heteroatoms. The van der Waals surface area contributed by atoms with Crippen LogP contribution in [0, 0.1) is 20.8 Å². The van der Waals surface area contributed by atoms with Crippen LogP contribution in [0.4, 0.5) is 17.1 Å². The van der Waals surface area contributed by atoms with E-state index in [9.17, 15) is 13.2 Å². The van der Waals surface area contributed by atoms with Gasteiger partial charge >= 0.3 is 0 Å². The molecule has 0 unspecified atom stereocenters. The van der Waals surface area contributed by atoms with Crippen molar-refractivity contribution in [2.75, 3.05) is 24.7 Å². The predicted octanol–water partition coefficient (Wildman–Crippen LogP) is 4.86. The van der Waals surface area contributed by atoms with E-state index in [1.54, 1.807) is 31.2 Å². The highest BCUT2D eigenvalue weighted by Crippen LogP contribution is 2.27. The number of amides is 1. The van der Waals surface area contributed by atoms with Gasteiger partial charge in [-0.15, -0.1) is 0 Å². The number of para-hydroxylation sites is 1. The first-order valence-electron chi connectivity index (χ1n) is 9.88. The van der Waals surface area contributed by atoms with Crippen molar-refractivity contribution in [1.82, 2.24) is 4.31 Å². The number of nitrogens with zero attached hydrogens (tertiary/aromatic N) is 1. The lowest BCUT2D eigenvalue weighted by Crippen LogP contribution is -2.23. The molecule has 2 N–H and O–H groups in total. The van der Waals surface area contributed by atoms with Gasteiger partial charge < -0.3 is 10.6 Å². The summed E-state index contributed by atoms with van der Waals surface area (Å²) in [4.78, 5) is 13.2. The Morgan fingerprint density at radius 3 is 2.23 bits per heavy atom. The third-order valence-electron chi connectivity index (χ3n) is 5.25. The van der Waals surface area contributed by atoms with Crippen molar-refractivity contribution in [2.45, 2.75) is 25.7 Å². The molecule has 162 valence electrons. The average Bonchev–Trinajstić information content (AvgIpc) is 2.73. The Morgan fingerprint density at radius 1 is 0.839 bits per heavy atom. The second kappa shape index (κ2) is 8.91. The number of sulfonamides is 1. The number of carbonyl (C=O) groups is 1. The first kappa shape index (κ1) is 22.5. The molecule has 31 heavy (non-hydrogen) atoms. The highest BCUT2D eigenvalue weighted by atomic mass is 32.2. The summed E-state index contributed by atoms with van der Waals surface area (Å²) < 4.78 is 26.3. The summed E-state index contributed by atoms with van der Waals surface area (Å²) >= 11 is 0. The van der Waals surface area contributed by atoms with Crippen molar-refractivity contribution in [2.24, 2.45) is 0 Å². The number of hydrogen-bond acceptors (Lipinski definition) is 4. The zero-order chi connectivity index (χ0) is 22.8. The van der Waals surface area contributed by atoms with Gasteiger partial charge in [0.15, 0.2) is 0 Å². The summed E-state index contributed by atoms with van der Waals surface area (Å²) in [5, 5.41) is 6.17. The van der Waals surface area contributed by atoms with Crippen LogP contribution in [0.2, 0.25) is 0 Å². The summed E-state index contributed by atoms with van der Waals surface area (Å²) in [6.07, 6.45) is 0. The summed E-state index contributed by atoms with van der Waals surface area (Å²) in [5.74, 6) is -0.328. The van der Waals surface area contributed by atoms with Crippen LogP contribution in [-0.4, -0.2) is 32.7 Å². The third-order valence-corrected chi connectivity index (χ3v) is 7.21. The molecule has 3 rings (SSSR count). The second-order valence-corrected chi connectivity index (χ2v) is 9.76. The SMILES string of the molecule is Cc1ccc(NC(=O)c2ccccc2Nc2cccc(C)c2C)cc1S(=O)(=O)N(C)C. The van der Waals surface area contributed by atoms with Gasteiger partial charge in [-0.25, -0.2) is 12.7 Å². The predicted molar refractivity (Wildman–Crippen MR) is 126 cm³/mol. The van der Waals surface area contributed by atoms with Gasteiger partial charge in [0.1, 0.15) is 0 Å². The van der Waals surface area contributed by atoms with Crippen molar-refractivity contribution < 1.29 is 13.2 Å². The minimum atomic E-state index is -3.62. The molecule has 0 aliphatic heterocycles. The van der Waals surface area contributed by atoms with Crippen molar-refractivity contribution in [3.05, 3.63) is 82.9 Å². The molecule has 3 aromatic carbocycles. The van der Waals surface area contributed by atoms with Gasteiger partial charge in [-0.1, -0.05) is 30.3 Å². The summed E-state index contributed by atoms with van der Waals surface area (Å²) in [6, 6.07) is 18.1. The highest BCUT2D eigenvalue weighted by Gasteiger charge is 2.21. The van der Waals surface area contributed by atoms with Crippen molar-refractivity contribution in [1.29, 1.82) is 0 Å². The van der Waals surface area contributed by atoms with E-state index >= 15 is 0 Å². The lowest BCUT2D eigenvalue weighted by molar-refractivity contribution is 0.102. The summed E-state index contributed by atoms with van der Waals surface area (Å²) in [7, 11) is -0.656. The van der Waals surface area contributed by atoms with Crippen LogP contribution in [0.25, 0.3) is 0 Å². The summed E-state index contributed by atoms with van der Waals surface area (Å²) in [6.45, 7) is 5.79. The Bertz CT molecular complexity index is 1230. The van der Waals surface area contributed by atoms with E-state index in [0.717, 1.165) is 21.1 Å². The fourth-order valence-corrected chi connectivity index (χ4v) is 4.32. The Kier molecular flexibility index (Phi) is 6.48. The quantitative estimate of drug-likeness (QED) is 0.577. The van der Waals surface area contributed by atoms with E-state index in [-0.39, 0.29) is 10.8 Å². The largest absolute Gasteiger partial charge is 0.355 e. The van der Waals surface area contributed by atoms with Crippen LogP contribution in [0.1, 0.15) is 27.0 Å². The molecule has 3 aromatic rings. The zero-order valence-corrected chi connectivity index (χ0v) is 19.2. The molecule has 0 aliphatic carbocycles. The fraction of sp³-hybridized carbons (Fsp3) is 0.208. The van der Waals surface area contributed by atoms with Crippen LogP contribution < -0.4 is 10.6 Å². The minimum Gasteiger partial charge on any atom is -0.355 e. The van der Waals surface area contributed by atoms with Crippen LogP contribution in [0.3, 0.4) is 0 Å². The molecule has 0 saturated heterocycles. The maximum atomic E-state index is 13.0. The number of hydrogen-bond donors (Lipinski definition) is 2. The van der Waals surface area contributed by atoms with E-state index in [1.165, 1.54) is 20.2 Å². The van der Waals surface area contributed by atoms with Gasteiger partial charge in [-0.3, -0.25) is 4.79 Å². The molecule has 0 bridgehead atoms. The molecule has 0 radical (unpaired) electrons. The highest BCUT2D eigenvalue weighted by molar-refractivity contribution is 7.89. The zero-order valence-electron chi connectivity index (χ0n) is 18.4. The van der Waals surface area contributed by atoms with Crippen molar-refractivity contribution >= 4 is 33.0 Å². The van der Waals surface area contributed by atoms with Crippen LogP contribution in [0.5, 0.6) is 0 Å². The Balaban J connectivity index is 1.91. The first-order valence-corrected chi connectivity index (χ1v) is 11.3. The molecule has 0 aromatic heterocycles. The Hall–Kier alpha value is -3.16. The molecule has 0 saturated carbocycles. The van der Waals surface area contributed by atoms with Crippen molar-refractivity contribution in [3.63, 3.8) is 0 Å². The smallest absolute Gasteiger partial charge is 0.257 e. The number of nitrogens with one attached hydrogen (secondary N) is 2. The molecule has 0 atom stereocenters. The van der Waals surface area contributed by atoms with Gasteiger partial charge in [-0.2, -0.15) is 0 Å². The van der Waals surface area contributed by atoms with Crippen LogP contribution in [-0.2, 0) is 10.0 Å². The molecule has 6 nitrogen and oxygen atoms in total. The van der Waals surface area contributed by atoms with E-state index in [4.69, 9.17) is 0 Å². The number of carbonyl (C=O) groups excluding carboxylic acids is 1. The van der Waals surface area contributed by atoms with Gasteiger partial charge in [0, 0.05) is 25.5 Å². The summed E-state index contributed by atoms with van der Waals surface area (Å²) in [5.41, 5.74) is 5.34. The Labute approximate surface area is 184 Å². The molecule has 0 fully saturated rings. The second-order valence-electron chi connectivity index (χ2n) is 7.64. The topological polar surface area (TPSA) is 78.5 Å². The monoisotopic (exact) mass is 437 g/mol. The van der Waals surface area contributed by atoms with Crippen molar-refractivity contribution in [3.8, 4) is 0 Å². The maximum Gasteiger partial charge on any atom is 0.257 e. The molecule has 0 aliphatic rings. The van der Waals surface area contributed by atoms with E-state index in [1.807, 2.05) is 44.2 Å². The van der Waals surface area contributed by atoms with Gasteiger partial charge in [0.25, 0.3) is 5.91 Å². The van der Waals surface area contributed by atoms with Gasteiger partial charge in [0.05, 0.1) is 16.1 Å². The van der Waals surface area contributed by atoms with E-state index < -0.39 is 10.0 Å². The van der Waals surface area contributed by atoms with Gasteiger partial charge in [-0.05, 0) is 67.8 Å². The number of aryl methyl sites for hydroxylation is 2. The van der Waals surface area contributed by atoms with E-state index in [2.05, 4.69) is 10.6 Å². The van der Waals surface area contributed by atoms with Gasteiger partial charge in [0.2, 0.25) is 10.0 Å². The molecule has 1 amide bonds. The third kappa shape index (κ3) is 4.78.